The lowest BCUT2D eigenvalue weighted by Gasteiger charge is -2.05. The third kappa shape index (κ3) is 5.17. The summed E-state index contributed by atoms with van der Waals surface area (Å²) in [7, 11) is 1.59. The van der Waals surface area contributed by atoms with Crippen LogP contribution in [0.1, 0.15) is 17.0 Å². The Morgan fingerprint density at radius 1 is 1.21 bits per heavy atom. The van der Waals surface area contributed by atoms with E-state index in [1.165, 1.54) is 18.0 Å². The van der Waals surface area contributed by atoms with E-state index >= 15 is 0 Å². The average Bonchev–Trinajstić information content (AvgIpc) is 2.65. The van der Waals surface area contributed by atoms with Gasteiger partial charge in [-0.15, -0.1) is 0 Å². The molecule has 2 heterocycles. The number of carbonyl (C=O) groups is 1. The van der Waals surface area contributed by atoms with Crippen molar-refractivity contribution in [1.82, 2.24) is 20.4 Å². The van der Waals surface area contributed by atoms with Crippen LogP contribution in [0, 0.1) is 13.8 Å². The predicted molar refractivity (Wildman–Crippen MR) is 111 cm³/mol. The lowest BCUT2D eigenvalue weighted by molar-refractivity contribution is -0.118. The van der Waals surface area contributed by atoms with Crippen molar-refractivity contribution in [1.29, 1.82) is 0 Å². The van der Waals surface area contributed by atoms with Crippen molar-refractivity contribution in [2.24, 2.45) is 5.10 Å². The molecular formula is C19H18ClN5O2S. The molecule has 7 nitrogen and oxygen atoms in total. The zero-order valence-electron chi connectivity index (χ0n) is 15.6. The van der Waals surface area contributed by atoms with Gasteiger partial charge in [-0.05, 0) is 38.1 Å². The maximum Gasteiger partial charge on any atom is 0.250 e. The monoisotopic (exact) mass is 415 g/mol. The number of halogens is 1. The van der Waals surface area contributed by atoms with Crippen molar-refractivity contribution in [3.63, 3.8) is 0 Å². The third-order valence-corrected chi connectivity index (χ3v) is 4.84. The van der Waals surface area contributed by atoms with E-state index < -0.39 is 0 Å². The van der Waals surface area contributed by atoms with Crippen LogP contribution in [-0.4, -0.2) is 39.9 Å². The molecule has 0 saturated heterocycles. The summed E-state index contributed by atoms with van der Waals surface area (Å²) in [5.74, 6) is 0.595. The van der Waals surface area contributed by atoms with Crippen molar-refractivity contribution in [2.45, 2.75) is 19.0 Å². The van der Waals surface area contributed by atoms with Crippen LogP contribution >= 0.6 is 23.4 Å². The van der Waals surface area contributed by atoms with Crippen LogP contribution in [0.5, 0.6) is 5.75 Å². The second kappa shape index (κ2) is 8.99. The molecule has 0 spiro atoms. The molecule has 0 aliphatic rings. The zero-order valence-corrected chi connectivity index (χ0v) is 17.1. The minimum absolute atomic E-state index is 0.156. The third-order valence-electron chi connectivity index (χ3n) is 3.69. The van der Waals surface area contributed by atoms with Gasteiger partial charge in [-0.2, -0.15) is 5.10 Å². The Kier molecular flexibility index (Phi) is 6.43. The largest absolute Gasteiger partial charge is 0.497 e. The van der Waals surface area contributed by atoms with Crippen molar-refractivity contribution >= 4 is 46.4 Å². The number of aromatic nitrogens is 3. The number of rotatable bonds is 6. The Bertz CT molecular complexity index is 1040. The van der Waals surface area contributed by atoms with Gasteiger partial charge in [0.25, 0.3) is 5.91 Å². The highest BCUT2D eigenvalue weighted by Crippen LogP contribution is 2.23. The van der Waals surface area contributed by atoms with E-state index in [9.17, 15) is 4.79 Å². The van der Waals surface area contributed by atoms with Gasteiger partial charge in [-0.25, -0.2) is 20.4 Å². The first-order valence-corrected chi connectivity index (χ1v) is 9.72. The van der Waals surface area contributed by atoms with Crippen molar-refractivity contribution in [2.75, 3.05) is 12.9 Å². The van der Waals surface area contributed by atoms with Gasteiger partial charge in [0.15, 0.2) is 5.16 Å². The molecule has 1 N–H and O–H groups in total. The van der Waals surface area contributed by atoms with Crippen LogP contribution in [0.3, 0.4) is 0 Å². The zero-order chi connectivity index (χ0) is 20.1. The molecule has 3 rings (SSSR count). The topological polar surface area (TPSA) is 89.4 Å². The normalized spacial score (nSPS) is 11.1. The van der Waals surface area contributed by atoms with E-state index in [1.807, 2.05) is 38.1 Å². The molecule has 0 radical (unpaired) electrons. The molecule has 1 aromatic carbocycles. The first-order valence-electron chi connectivity index (χ1n) is 8.36. The Hall–Kier alpha value is -2.71. The van der Waals surface area contributed by atoms with Crippen LogP contribution in [0.2, 0.25) is 5.15 Å². The molecule has 1 amide bonds. The van der Waals surface area contributed by atoms with Crippen molar-refractivity contribution in [3.8, 4) is 5.75 Å². The molecule has 9 heteroatoms. The summed E-state index contributed by atoms with van der Waals surface area (Å²) in [5.41, 5.74) is 5.52. The molecular weight excluding hydrogens is 398 g/mol. The first-order chi connectivity index (χ1) is 13.4. The minimum atomic E-state index is -0.265. The van der Waals surface area contributed by atoms with Crippen LogP contribution in [0.15, 0.2) is 40.6 Å². The Morgan fingerprint density at radius 2 is 1.96 bits per heavy atom. The number of hydrazone groups is 1. The second-order valence-electron chi connectivity index (χ2n) is 5.94. The molecule has 3 aromatic rings. The van der Waals surface area contributed by atoms with Gasteiger partial charge >= 0.3 is 0 Å². The summed E-state index contributed by atoms with van der Waals surface area (Å²) in [6.07, 6.45) is 1.47. The van der Waals surface area contributed by atoms with Gasteiger partial charge in [0, 0.05) is 28.4 Å². The Balaban J connectivity index is 1.62. The highest BCUT2D eigenvalue weighted by molar-refractivity contribution is 7.99. The van der Waals surface area contributed by atoms with E-state index in [0.29, 0.717) is 16.5 Å². The number of methoxy groups -OCH3 is 1. The lowest BCUT2D eigenvalue weighted by Crippen LogP contribution is -2.19. The van der Waals surface area contributed by atoms with Gasteiger partial charge in [0.1, 0.15) is 10.9 Å². The maximum atomic E-state index is 12.0. The number of hydrogen-bond donors (Lipinski definition) is 1. The molecule has 2 aromatic heterocycles. The molecule has 0 fully saturated rings. The number of ether oxygens (including phenoxy) is 1. The van der Waals surface area contributed by atoms with Gasteiger partial charge < -0.3 is 4.74 Å². The number of thioether (sulfide) groups is 1. The molecule has 0 unspecified atom stereocenters. The quantitative estimate of drug-likeness (QED) is 0.218. The van der Waals surface area contributed by atoms with Gasteiger partial charge in [-0.1, -0.05) is 23.4 Å². The van der Waals surface area contributed by atoms with Crippen LogP contribution in [-0.2, 0) is 4.79 Å². The standard InChI is InChI=1S/C19H18ClN5O2S/c1-11-6-12(2)23-19(22-11)28-10-17(26)25-21-9-14-7-13-4-5-15(27-3)8-16(13)24-18(14)20/h4-9H,10H2,1-3H3,(H,25,26)/b21-9+. The fraction of sp³-hybridized carbons (Fsp3) is 0.211. The van der Waals surface area contributed by atoms with Crippen molar-refractivity contribution in [3.05, 3.63) is 52.4 Å². The smallest absolute Gasteiger partial charge is 0.250 e. The van der Waals surface area contributed by atoms with E-state index in [1.54, 1.807) is 13.2 Å². The van der Waals surface area contributed by atoms with Gasteiger partial charge in [0.05, 0.1) is 24.6 Å². The summed E-state index contributed by atoms with van der Waals surface area (Å²) in [6.45, 7) is 3.78. The number of amides is 1. The SMILES string of the molecule is COc1ccc2cc(/C=N/NC(=O)CSc3nc(C)cc(C)n3)c(Cl)nc2c1. The van der Waals surface area contributed by atoms with E-state index in [0.717, 1.165) is 22.3 Å². The van der Waals surface area contributed by atoms with E-state index in [2.05, 4.69) is 25.5 Å². The highest BCUT2D eigenvalue weighted by Gasteiger charge is 2.07. The Morgan fingerprint density at radius 3 is 2.68 bits per heavy atom. The summed E-state index contributed by atoms with van der Waals surface area (Å²) >= 11 is 7.46. The van der Waals surface area contributed by atoms with Crippen LogP contribution in [0.25, 0.3) is 10.9 Å². The van der Waals surface area contributed by atoms with Gasteiger partial charge in [0.2, 0.25) is 0 Å². The van der Waals surface area contributed by atoms with Gasteiger partial charge in [-0.3, -0.25) is 4.79 Å². The number of benzene rings is 1. The number of pyridine rings is 1. The summed E-state index contributed by atoms with van der Waals surface area (Å²) in [5, 5.41) is 5.70. The fourth-order valence-corrected chi connectivity index (χ4v) is 3.39. The molecule has 0 bridgehead atoms. The minimum Gasteiger partial charge on any atom is -0.497 e. The number of hydrogen-bond acceptors (Lipinski definition) is 7. The Labute approximate surface area is 171 Å². The summed E-state index contributed by atoms with van der Waals surface area (Å²) in [4.78, 5) is 24.9. The second-order valence-corrected chi connectivity index (χ2v) is 7.24. The number of carbonyl (C=O) groups excluding carboxylic acids is 1. The number of fused-ring (bicyclic) bond motifs is 1. The lowest BCUT2D eigenvalue weighted by atomic mass is 10.1. The summed E-state index contributed by atoms with van der Waals surface area (Å²) in [6, 6.07) is 9.25. The van der Waals surface area contributed by atoms with Crippen LogP contribution in [0.4, 0.5) is 0 Å². The molecule has 28 heavy (non-hydrogen) atoms. The molecule has 0 saturated carbocycles. The summed E-state index contributed by atoms with van der Waals surface area (Å²) < 4.78 is 5.18. The number of nitrogens with one attached hydrogen (secondary N) is 1. The van der Waals surface area contributed by atoms with E-state index in [4.69, 9.17) is 16.3 Å². The van der Waals surface area contributed by atoms with Crippen LogP contribution < -0.4 is 10.2 Å². The predicted octanol–water partition coefficient (Wildman–Crippen LogP) is 3.55. The first kappa shape index (κ1) is 20.0. The molecule has 0 aliphatic carbocycles. The average molecular weight is 416 g/mol. The fourth-order valence-electron chi connectivity index (χ4n) is 2.45. The highest BCUT2D eigenvalue weighted by atomic mass is 35.5. The van der Waals surface area contributed by atoms with Crippen molar-refractivity contribution < 1.29 is 9.53 Å². The molecule has 0 aliphatic heterocycles. The molecule has 0 atom stereocenters. The number of aryl methyl sites for hydroxylation is 2. The van der Waals surface area contributed by atoms with E-state index in [-0.39, 0.29) is 16.8 Å². The maximum absolute atomic E-state index is 12.0. The number of nitrogens with zero attached hydrogens (tertiary/aromatic N) is 4. The molecule has 144 valence electrons.